The molecule has 3 nitrogen and oxygen atoms in total. The predicted octanol–water partition coefficient (Wildman–Crippen LogP) is 4.27. The molecule has 2 atom stereocenters. The van der Waals surface area contributed by atoms with E-state index in [1.54, 1.807) is 0 Å². The molecule has 0 N–H and O–H groups in total. The van der Waals surface area contributed by atoms with Crippen molar-refractivity contribution in [2.24, 2.45) is 5.92 Å². The lowest BCUT2D eigenvalue weighted by atomic mass is 9.78. The van der Waals surface area contributed by atoms with Crippen molar-refractivity contribution in [1.82, 2.24) is 9.80 Å². The van der Waals surface area contributed by atoms with E-state index in [1.165, 1.54) is 64.6 Å². The van der Waals surface area contributed by atoms with Gasteiger partial charge in [-0.2, -0.15) is 0 Å². The van der Waals surface area contributed by atoms with Gasteiger partial charge in [-0.1, -0.05) is 19.3 Å². The molecule has 3 fully saturated rings. The molecule has 0 aromatic carbocycles. The highest BCUT2D eigenvalue weighted by molar-refractivity contribution is 9.10. The predicted molar refractivity (Wildman–Crippen MR) is 91.8 cm³/mol. The molecule has 1 aliphatic carbocycles. The second kappa shape index (κ2) is 6.66. The maximum Gasteiger partial charge on any atom is 0.169 e. The SMILES string of the molecule is Brc1ccc(CN2CCN3CCC[C@@H]3[C@@H]2C2CCCCC2)o1. The second-order valence-corrected chi connectivity index (χ2v) is 8.09. The number of rotatable bonds is 3. The van der Waals surface area contributed by atoms with Gasteiger partial charge in [0.25, 0.3) is 0 Å². The molecule has 1 aromatic rings. The largest absolute Gasteiger partial charge is 0.453 e. The monoisotopic (exact) mass is 366 g/mol. The van der Waals surface area contributed by atoms with E-state index in [9.17, 15) is 0 Å². The van der Waals surface area contributed by atoms with Crippen LogP contribution in [0.3, 0.4) is 0 Å². The van der Waals surface area contributed by atoms with Crippen molar-refractivity contribution in [3.8, 4) is 0 Å². The number of halogens is 1. The highest BCUT2D eigenvalue weighted by Gasteiger charge is 2.43. The van der Waals surface area contributed by atoms with Crippen molar-refractivity contribution in [3.63, 3.8) is 0 Å². The van der Waals surface area contributed by atoms with Gasteiger partial charge in [0.2, 0.25) is 0 Å². The Morgan fingerprint density at radius 2 is 1.86 bits per heavy atom. The molecule has 2 saturated heterocycles. The van der Waals surface area contributed by atoms with Gasteiger partial charge in [0.1, 0.15) is 5.76 Å². The summed E-state index contributed by atoms with van der Waals surface area (Å²) >= 11 is 3.44. The number of furan rings is 1. The van der Waals surface area contributed by atoms with Gasteiger partial charge < -0.3 is 4.42 Å². The summed E-state index contributed by atoms with van der Waals surface area (Å²) in [5.41, 5.74) is 0. The maximum absolute atomic E-state index is 5.79. The van der Waals surface area contributed by atoms with Crippen LogP contribution in [-0.2, 0) is 6.54 Å². The van der Waals surface area contributed by atoms with Crippen LogP contribution in [0.15, 0.2) is 21.2 Å². The van der Waals surface area contributed by atoms with Crippen LogP contribution >= 0.6 is 15.9 Å². The minimum Gasteiger partial charge on any atom is -0.453 e. The number of piperazine rings is 1. The molecule has 2 aliphatic heterocycles. The van der Waals surface area contributed by atoms with E-state index in [0.29, 0.717) is 0 Å². The number of fused-ring (bicyclic) bond motifs is 1. The van der Waals surface area contributed by atoms with Gasteiger partial charge in [-0.3, -0.25) is 9.80 Å². The molecule has 3 aliphatic rings. The molecule has 4 heteroatoms. The summed E-state index contributed by atoms with van der Waals surface area (Å²) in [7, 11) is 0. The summed E-state index contributed by atoms with van der Waals surface area (Å²) in [6.07, 6.45) is 10.00. The average molecular weight is 367 g/mol. The van der Waals surface area contributed by atoms with E-state index in [-0.39, 0.29) is 0 Å². The molecule has 0 radical (unpaired) electrons. The number of nitrogens with zero attached hydrogens (tertiary/aromatic N) is 2. The van der Waals surface area contributed by atoms with Gasteiger partial charge in [0.05, 0.1) is 6.54 Å². The Balaban J connectivity index is 1.54. The normalized spacial score (nSPS) is 31.5. The van der Waals surface area contributed by atoms with Crippen molar-refractivity contribution in [3.05, 3.63) is 22.6 Å². The Bertz CT molecular complexity index is 497. The Kier molecular flexibility index (Phi) is 4.61. The van der Waals surface area contributed by atoms with E-state index in [2.05, 4.69) is 31.8 Å². The average Bonchev–Trinajstić information content (AvgIpc) is 3.17. The Morgan fingerprint density at radius 3 is 2.64 bits per heavy atom. The Labute approximate surface area is 142 Å². The minimum atomic E-state index is 0.750. The highest BCUT2D eigenvalue weighted by atomic mass is 79.9. The van der Waals surface area contributed by atoms with Crippen LogP contribution in [-0.4, -0.2) is 41.5 Å². The molecule has 0 unspecified atom stereocenters. The molecule has 4 rings (SSSR count). The molecule has 1 aromatic heterocycles. The van der Waals surface area contributed by atoms with Crippen LogP contribution in [0.1, 0.15) is 50.7 Å². The summed E-state index contributed by atoms with van der Waals surface area (Å²) in [6.45, 7) is 4.76. The first kappa shape index (κ1) is 15.2. The zero-order valence-electron chi connectivity index (χ0n) is 13.3. The fourth-order valence-corrected chi connectivity index (χ4v) is 5.42. The minimum absolute atomic E-state index is 0.750. The Hall–Kier alpha value is -0.320. The summed E-state index contributed by atoms with van der Waals surface area (Å²) in [5, 5.41) is 0. The first-order valence-corrected chi connectivity index (χ1v) is 9.83. The second-order valence-electron chi connectivity index (χ2n) is 7.31. The quantitative estimate of drug-likeness (QED) is 0.796. The first-order valence-electron chi connectivity index (χ1n) is 9.03. The molecule has 3 heterocycles. The van der Waals surface area contributed by atoms with Crippen molar-refractivity contribution in [2.45, 2.75) is 63.6 Å². The smallest absolute Gasteiger partial charge is 0.169 e. The van der Waals surface area contributed by atoms with Gasteiger partial charge >= 0.3 is 0 Å². The fraction of sp³-hybridized carbons (Fsp3) is 0.778. The third-order valence-electron chi connectivity index (χ3n) is 6.03. The van der Waals surface area contributed by atoms with E-state index in [0.717, 1.165) is 35.0 Å². The fourth-order valence-electron chi connectivity index (χ4n) is 5.07. The molecular formula is C18H27BrN2O. The maximum atomic E-state index is 5.79. The lowest BCUT2D eigenvalue weighted by molar-refractivity contribution is -0.00717. The van der Waals surface area contributed by atoms with Crippen molar-refractivity contribution >= 4 is 15.9 Å². The number of hydrogen-bond donors (Lipinski definition) is 0. The van der Waals surface area contributed by atoms with E-state index < -0.39 is 0 Å². The van der Waals surface area contributed by atoms with Crippen LogP contribution in [0.4, 0.5) is 0 Å². The van der Waals surface area contributed by atoms with Crippen LogP contribution in [0.5, 0.6) is 0 Å². The number of hydrogen-bond acceptors (Lipinski definition) is 3. The summed E-state index contributed by atoms with van der Waals surface area (Å²) < 4.78 is 6.65. The van der Waals surface area contributed by atoms with Gasteiger partial charge in [0.15, 0.2) is 4.67 Å². The standard InChI is InChI=1S/C18H27BrN2O/c19-17-9-8-15(22-17)13-21-12-11-20-10-4-7-16(20)18(21)14-5-2-1-3-6-14/h8-9,14,16,18H,1-7,10-13H2/t16-,18+/m1/s1. The molecule has 22 heavy (non-hydrogen) atoms. The van der Waals surface area contributed by atoms with Crippen LogP contribution in [0.2, 0.25) is 0 Å². The summed E-state index contributed by atoms with van der Waals surface area (Å²) in [6, 6.07) is 5.70. The van der Waals surface area contributed by atoms with E-state index in [1.807, 2.05) is 6.07 Å². The summed E-state index contributed by atoms with van der Waals surface area (Å²) in [5.74, 6) is 2.01. The highest BCUT2D eigenvalue weighted by Crippen LogP contribution is 2.38. The van der Waals surface area contributed by atoms with Gasteiger partial charge in [-0.15, -0.1) is 0 Å². The van der Waals surface area contributed by atoms with Crippen LogP contribution < -0.4 is 0 Å². The van der Waals surface area contributed by atoms with E-state index in [4.69, 9.17) is 4.42 Å². The van der Waals surface area contributed by atoms with Gasteiger partial charge in [0, 0.05) is 25.2 Å². The lowest BCUT2D eigenvalue weighted by Gasteiger charge is -2.49. The summed E-state index contributed by atoms with van der Waals surface area (Å²) in [4.78, 5) is 5.52. The lowest BCUT2D eigenvalue weighted by Crippen LogP contribution is -2.59. The van der Waals surface area contributed by atoms with Crippen LogP contribution in [0.25, 0.3) is 0 Å². The third-order valence-corrected chi connectivity index (χ3v) is 6.45. The Morgan fingerprint density at radius 1 is 1.00 bits per heavy atom. The molecule has 0 amide bonds. The molecule has 122 valence electrons. The molecular weight excluding hydrogens is 340 g/mol. The zero-order chi connectivity index (χ0) is 14.9. The molecule has 0 bridgehead atoms. The molecule has 1 saturated carbocycles. The van der Waals surface area contributed by atoms with Crippen molar-refractivity contribution in [1.29, 1.82) is 0 Å². The van der Waals surface area contributed by atoms with Crippen molar-refractivity contribution < 1.29 is 4.42 Å². The third kappa shape index (κ3) is 3.02. The molecule has 0 spiro atoms. The van der Waals surface area contributed by atoms with Gasteiger partial charge in [-0.05, 0) is 66.2 Å². The van der Waals surface area contributed by atoms with E-state index >= 15 is 0 Å². The topological polar surface area (TPSA) is 19.6 Å². The van der Waals surface area contributed by atoms with Gasteiger partial charge in [-0.25, -0.2) is 0 Å². The first-order chi connectivity index (χ1) is 10.8. The zero-order valence-corrected chi connectivity index (χ0v) is 14.9. The van der Waals surface area contributed by atoms with Crippen molar-refractivity contribution in [2.75, 3.05) is 19.6 Å². The van der Waals surface area contributed by atoms with Crippen LogP contribution in [0, 0.1) is 5.92 Å².